The Hall–Kier alpha value is -3.36. The van der Waals surface area contributed by atoms with Gasteiger partial charge in [-0.1, -0.05) is 19.1 Å². The van der Waals surface area contributed by atoms with Gasteiger partial charge < -0.3 is 20.4 Å². The van der Waals surface area contributed by atoms with Crippen molar-refractivity contribution in [2.75, 3.05) is 38.1 Å². The third-order valence-corrected chi connectivity index (χ3v) is 4.91. The number of guanidine groups is 1. The molecule has 30 heavy (non-hydrogen) atoms. The van der Waals surface area contributed by atoms with Crippen LogP contribution in [0.5, 0.6) is 0 Å². The van der Waals surface area contributed by atoms with Gasteiger partial charge in [0.2, 0.25) is 5.91 Å². The van der Waals surface area contributed by atoms with E-state index in [0.717, 1.165) is 17.7 Å². The summed E-state index contributed by atoms with van der Waals surface area (Å²) in [7, 11) is 3.54. The van der Waals surface area contributed by atoms with E-state index in [1.54, 1.807) is 28.9 Å². The number of hydrogen-bond acceptors (Lipinski definition) is 4. The summed E-state index contributed by atoms with van der Waals surface area (Å²) in [5.41, 5.74) is 2.42. The molecule has 2 amide bonds. The number of nitrogens with one attached hydrogen (secondary N) is 2. The fourth-order valence-corrected chi connectivity index (χ4v) is 3.35. The maximum atomic E-state index is 12.6. The highest BCUT2D eigenvalue weighted by Gasteiger charge is 2.27. The van der Waals surface area contributed by atoms with Gasteiger partial charge in [0.05, 0.1) is 11.9 Å². The van der Waals surface area contributed by atoms with Crippen molar-refractivity contribution in [1.82, 2.24) is 25.3 Å². The highest BCUT2D eigenvalue weighted by molar-refractivity contribution is 5.98. The maximum absolute atomic E-state index is 12.6. The molecule has 0 unspecified atom stereocenters. The first-order valence-corrected chi connectivity index (χ1v) is 10.1. The first kappa shape index (κ1) is 21.4. The number of aryl methyl sites for hydroxylation is 1. The number of carbonyl (C=O) groups is 2. The molecule has 2 aromatic rings. The molecule has 9 nitrogen and oxygen atoms in total. The lowest BCUT2D eigenvalue weighted by Gasteiger charge is -2.35. The first-order valence-electron chi connectivity index (χ1n) is 10.1. The van der Waals surface area contributed by atoms with Gasteiger partial charge in [0.1, 0.15) is 6.54 Å². The summed E-state index contributed by atoms with van der Waals surface area (Å²) in [6, 6.07) is 7.51. The summed E-state index contributed by atoms with van der Waals surface area (Å²) in [6.45, 7) is 4.67. The van der Waals surface area contributed by atoms with Crippen molar-refractivity contribution in [3.8, 4) is 0 Å². The van der Waals surface area contributed by atoms with E-state index < -0.39 is 0 Å². The molecule has 1 aromatic heterocycles. The number of hydrogen-bond donors (Lipinski definition) is 2. The standard InChI is InChI=1S/C21H29N7O2/c1-4-8-23-20(30)17-7-5-6-16(11-17)12-24-21(22-2)27-9-10-28(19(29)15-27)18-13-25-26(3)14-18/h5-7,11,13-14H,4,8-10,12,15H2,1-3H3,(H,22,24)(H,23,30). The van der Waals surface area contributed by atoms with Gasteiger partial charge >= 0.3 is 0 Å². The van der Waals surface area contributed by atoms with E-state index in [1.165, 1.54) is 0 Å². The van der Waals surface area contributed by atoms with E-state index in [2.05, 4.69) is 20.7 Å². The second kappa shape index (κ2) is 9.91. The lowest BCUT2D eigenvalue weighted by Crippen LogP contribution is -2.55. The topological polar surface area (TPSA) is 94.9 Å². The van der Waals surface area contributed by atoms with E-state index in [0.29, 0.717) is 37.7 Å². The summed E-state index contributed by atoms with van der Waals surface area (Å²) in [6.07, 6.45) is 4.44. The van der Waals surface area contributed by atoms with Crippen molar-refractivity contribution in [3.63, 3.8) is 0 Å². The number of carbonyl (C=O) groups excluding carboxylic acids is 2. The zero-order chi connectivity index (χ0) is 21.5. The Bertz CT molecular complexity index is 922. The SMILES string of the molecule is CCCNC(=O)c1cccc(CNC(=NC)N2CCN(c3cnn(C)c3)C(=O)C2)c1. The third kappa shape index (κ3) is 5.16. The molecular formula is C21H29N7O2. The van der Waals surface area contributed by atoms with Gasteiger partial charge in [0.15, 0.2) is 5.96 Å². The molecule has 2 heterocycles. The van der Waals surface area contributed by atoms with E-state index >= 15 is 0 Å². The lowest BCUT2D eigenvalue weighted by molar-refractivity contribution is -0.120. The number of nitrogens with zero attached hydrogens (tertiary/aromatic N) is 5. The molecule has 1 saturated heterocycles. The molecule has 0 radical (unpaired) electrons. The van der Waals surface area contributed by atoms with Crippen LogP contribution in [0.3, 0.4) is 0 Å². The molecule has 0 saturated carbocycles. The van der Waals surface area contributed by atoms with Crippen molar-refractivity contribution in [3.05, 3.63) is 47.8 Å². The van der Waals surface area contributed by atoms with Gasteiger partial charge in [-0.05, 0) is 24.1 Å². The zero-order valence-corrected chi connectivity index (χ0v) is 17.8. The van der Waals surface area contributed by atoms with Crippen LogP contribution in [0.4, 0.5) is 5.69 Å². The summed E-state index contributed by atoms with van der Waals surface area (Å²) in [4.78, 5) is 32.8. The van der Waals surface area contributed by atoms with Crippen LogP contribution in [0.25, 0.3) is 0 Å². The Kier molecular flexibility index (Phi) is 7.05. The molecular weight excluding hydrogens is 382 g/mol. The second-order valence-electron chi connectivity index (χ2n) is 7.20. The van der Waals surface area contributed by atoms with Crippen LogP contribution in [0.1, 0.15) is 29.3 Å². The molecule has 0 spiro atoms. The van der Waals surface area contributed by atoms with Gasteiger partial charge in [-0.15, -0.1) is 0 Å². The van der Waals surface area contributed by atoms with Crippen LogP contribution in [-0.2, 0) is 18.4 Å². The normalized spacial score (nSPS) is 14.8. The average Bonchev–Trinajstić information content (AvgIpc) is 3.18. The Morgan fingerprint density at radius 3 is 2.77 bits per heavy atom. The fraction of sp³-hybridized carbons (Fsp3) is 0.429. The van der Waals surface area contributed by atoms with E-state index in [9.17, 15) is 9.59 Å². The Balaban J connectivity index is 1.58. The summed E-state index contributed by atoms with van der Waals surface area (Å²) in [5.74, 6) is 0.599. The number of rotatable bonds is 6. The van der Waals surface area contributed by atoms with Gasteiger partial charge in [0.25, 0.3) is 5.91 Å². The summed E-state index contributed by atoms with van der Waals surface area (Å²) in [5, 5.41) is 10.3. The minimum atomic E-state index is -0.0693. The molecule has 9 heteroatoms. The number of benzene rings is 1. The monoisotopic (exact) mass is 411 g/mol. The molecule has 0 aliphatic carbocycles. The minimum Gasteiger partial charge on any atom is -0.352 e. The predicted molar refractivity (Wildman–Crippen MR) is 116 cm³/mol. The largest absolute Gasteiger partial charge is 0.352 e. The van der Waals surface area contributed by atoms with Gasteiger partial charge in [-0.2, -0.15) is 5.10 Å². The van der Waals surface area contributed by atoms with E-state index in [4.69, 9.17) is 0 Å². The molecule has 1 aromatic carbocycles. The zero-order valence-electron chi connectivity index (χ0n) is 17.8. The fourth-order valence-electron chi connectivity index (χ4n) is 3.35. The molecule has 1 fully saturated rings. The van der Waals surface area contributed by atoms with Crippen molar-refractivity contribution >= 4 is 23.5 Å². The Morgan fingerprint density at radius 1 is 1.27 bits per heavy atom. The van der Waals surface area contributed by atoms with Gasteiger partial charge in [-0.3, -0.25) is 19.3 Å². The van der Waals surface area contributed by atoms with Crippen LogP contribution in [0, 0.1) is 0 Å². The van der Waals surface area contributed by atoms with Crippen molar-refractivity contribution in [2.45, 2.75) is 19.9 Å². The average molecular weight is 412 g/mol. The van der Waals surface area contributed by atoms with Crippen molar-refractivity contribution in [1.29, 1.82) is 0 Å². The van der Waals surface area contributed by atoms with Crippen LogP contribution in [0.2, 0.25) is 0 Å². The number of aliphatic imine (C=N–C) groups is 1. The quantitative estimate of drug-likeness (QED) is 0.546. The molecule has 3 rings (SSSR count). The number of anilines is 1. The number of aromatic nitrogens is 2. The Morgan fingerprint density at radius 2 is 2.10 bits per heavy atom. The highest BCUT2D eigenvalue weighted by atomic mass is 16.2. The van der Waals surface area contributed by atoms with Gasteiger partial charge in [-0.25, -0.2) is 0 Å². The van der Waals surface area contributed by atoms with Crippen LogP contribution < -0.4 is 15.5 Å². The first-order chi connectivity index (χ1) is 14.5. The molecule has 160 valence electrons. The minimum absolute atomic E-state index is 0.00629. The van der Waals surface area contributed by atoms with Crippen molar-refractivity contribution in [2.24, 2.45) is 12.0 Å². The Labute approximate surface area is 176 Å². The summed E-state index contributed by atoms with van der Waals surface area (Å²) >= 11 is 0. The molecule has 1 aliphatic heterocycles. The lowest BCUT2D eigenvalue weighted by atomic mass is 10.1. The van der Waals surface area contributed by atoms with E-state index in [-0.39, 0.29) is 18.4 Å². The summed E-state index contributed by atoms with van der Waals surface area (Å²) < 4.78 is 1.69. The molecule has 0 bridgehead atoms. The van der Waals surface area contributed by atoms with E-state index in [1.807, 2.05) is 43.3 Å². The van der Waals surface area contributed by atoms with Crippen LogP contribution >= 0.6 is 0 Å². The molecule has 1 aliphatic rings. The van der Waals surface area contributed by atoms with Crippen LogP contribution in [0.15, 0.2) is 41.7 Å². The predicted octanol–water partition coefficient (Wildman–Crippen LogP) is 0.984. The molecule has 2 N–H and O–H groups in total. The highest BCUT2D eigenvalue weighted by Crippen LogP contribution is 2.16. The third-order valence-electron chi connectivity index (χ3n) is 4.91. The maximum Gasteiger partial charge on any atom is 0.251 e. The smallest absolute Gasteiger partial charge is 0.251 e. The van der Waals surface area contributed by atoms with Crippen molar-refractivity contribution < 1.29 is 9.59 Å². The molecule has 0 atom stereocenters. The number of piperazine rings is 1. The van der Waals surface area contributed by atoms with Crippen LogP contribution in [-0.4, -0.2) is 65.7 Å². The van der Waals surface area contributed by atoms with Gasteiger partial charge in [0, 0.05) is 52.0 Å². The number of amides is 2. The second-order valence-corrected chi connectivity index (χ2v) is 7.20.